The summed E-state index contributed by atoms with van der Waals surface area (Å²) in [6, 6.07) is 10.7. The monoisotopic (exact) mass is 526 g/mol. The summed E-state index contributed by atoms with van der Waals surface area (Å²) in [5, 5.41) is 3.24. The molecule has 0 atom stereocenters. The van der Waals surface area contributed by atoms with Crippen LogP contribution in [0.15, 0.2) is 42.1 Å². The van der Waals surface area contributed by atoms with Crippen LogP contribution in [-0.2, 0) is 11.4 Å². The Morgan fingerprint density at radius 1 is 1.17 bits per heavy atom. The molecule has 0 unspecified atom stereocenters. The van der Waals surface area contributed by atoms with Crippen molar-refractivity contribution < 1.29 is 19.1 Å². The predicted molar refractivity (Wildman–Crippen MR) is 120 cm³/mol. The van der Waals surface area contributed by atoms with Gasteiger partial charge in [0.2, 0.25) is 0 Å². The van der Waals surface area contributed by atoms with Gasteiger partial charge in [-0.05, 0) is 66.3 Å². The van der Waals surface area contributed by atoms with E-state index in [4.69, 9.17) is 21.1 Å². The largest absolute Gasteiger partial charge is 0.490 e. The van der Waals surface area contributed by atoms with Gasteiger partial charge in [0.15, 0.2) is 11.5 Å². The van der Waals surface area contributed by atoms with E-state index in [0.29, 0.717) is 36.3 Å². The van der Waals surface area contributed by atoms with Crippen molar-refractivity contribution in [2.24, 2.45) is 0 Å². The Bertz CT molecular complexity index is 977. The highest BCUT2D eigenvalue weighted by atomic mass is 127. The van der Waals surface area contributed by atoms with Crippen molar-refractivity contribution in [1.29, 1.82) is 0 Å². The Hall–Kier alpha value is -2.26. The van der Waals surface area contributed by atoms with Gasteiger partial charge in [-0.15, -0.1) is 0 Å². The number of halogens is 2. The smallest absolute Gasteiger partial charge is 0.328 e. The van der Waals surface area contributed by atoms with Crippen molar-refractivity contribution in [2.75, 3.05) is 13.2 Å². The number of nitrogens with one attached hydrogen (secondary N) is 1. The standard InChI is InChI=1S/C21H20ClIN2O4/c1-3-25-20(26)17(24-21(25)27)10-13-9-16(23)19(18(11-13)28-4-2)29-12-14-7-5-6-8-15(14)22/h5-11H,3-4,12H2,1-2H3,(H,24,27)/b17-10+. The molecule has 1 fully saturated rings. The zero-order valence-corrected chi connectivity index (χ0v) is 18.9. The molecule has 8 heteroatoms. The number of amides is 3. The van der Waals surface area contributed by atoms with E-state index in [1.807, 2.05) is 37.3 Å². The summed E-state index contributed by atoms with van der Waals surface area (Å²) in [7, 11) is 0. The summed E-state index contributed by atoms with van der Waals surface area (Å²) >= 11 is 8.37. The van der Waals surface area contributed by atoms with E-state index < -0.39 is 6.03 Å². The third-order valence-corrected chi connectivity index (χ3v) is 5.42. The lowest BCUT2D eigenvalue weighted by Crippen LogP contribution is -2.30. The minimum atomic E-state index is -0.414. The average Bonchev–Trinajstić information content (AvgIpc) is 2.95. The third-order valence-electron chi connectivity index (χ3n) is 4.25. The molecule has 0 saturated carbocycles. The number of nitrogens with zero attached hydrogens (tertiary/aromatic N) is 1. The molecule has 0 bridgehead atoms. The number of ether oxygens (including phenoxy) is 2. The number of urea groups is 1. The van der Waals surface area contributed by atoms with Crippen LogP contribution in [0.3, 0.4) is 0 Å². The molecule has 1 saturated heterocycles. The number of carbonyl (C=O) groups excluding carboxylic acids is 2. The van der Waals surface area contributed by atoms with Gasteiger partial charge in [0.05, 0.1) is 10.2 Å². The lowest BCUT2D eigenvalue weighted by Gasteiger charge is -2.15. The van der Waals surface area contributed by atoms with Crippen molar-refractivity contribution in [3.05, 3.63) is 61.8 Å². The van der Waals surface area contributed by atoms with Crippen molar-refractivity contribution in [2.45, 2.75) is 20.5 Å². The van der Waals surface area contributed by atoms with E-state index in [1.165, 1.54) is 0 Å². The van der Waals surface area contributed by atoms with E-state index in [9.17, 15) is 9.59 Å². The van der Waals surface area contributed by atoms with Crippen LogP contribution in [0.5, 0.6) is 11.5 Å². The summed E-state index contributed by atoms with van der Waals surface area (Å²) in [6.07, 6.45) is 1.64. The molecule has 1 aliphatic rings. The van der Waals surface area contributed by atoms with Gasteiger partial charge >= 0.3 is 6.03 Å². The van der Waals surface area contributed by atoms with Gasteiger partial charge in [0, 0.05) is 17.1 Å². The van der Waals surface area contributed by atoms with Gasteiger partial charge in [0.1, 0.15) is 12.3 Å². The molecule has 152 valence electrons. The SMILES string of the molecule is CCOc1cc(/C=C2/NC(=O)N(CC)C2=O)cc(I)c1OCc1ccccc1Cl. The first-order chi connectivity index (χ1) is 13.9. The Labute approximate surface area is 188 Å². The van der Waals surface area contributed by atoms with Crippen LogP contribution in [0.2, 0.25) is 5.02 Å². The van der Waals surface area contributed by atoms with Crippen LogP contribution in [0, 0.1) is 3.57 Å². The molecule has 0 radical (unpaired) electrons. The molecule has 0 aliphatic carbocycles. The fourth-order valence-electron chi connectivity index (χ4n) is 2.87. The Balaban J connectivity index is 1.89. The molecule has 2 aromatic carbocycles. The molecule has 6 nitrogen and oxygen atoms in total. The highest BCUT2D eigenvalue weighted by Crippen LogP contribution is 2.36. The number of hydrogen-bond acceptors (Lipinski definition) is 4. The maximum absolute atomic E-state index is 12.3. The molecular weight excluding hydrogens is 507 g/mol. The number of rotatable bonds is 7. The highest BCUT2D eigenvalue weighted by Gasteiger charge is 2.32. The number of carbonyl (C=O) groups is 2. The zero-order valence-electron chi connectivity index (χ0n) is 16.0. The van der Waals surface area contributed by atoms with Gasteiger partial charge in [-0.2, -0.15) is 0 Å². The number of imide groups is 1. The van der Waals surface area contributed by atoms with Crippen LogP contribution in [0.25, 0.3) is 6.08 Å². The van der Waals surface area contributed by atoms with E-state index in [2.05, 4.69) is 27.9 Å². The van der Waals surface area contributed by atoms with E-state index in [1.54, 1.807) is 19.1 Å². The summed E-state index contributed by atoms with van der Waals surface area (Å²) in [4.78, 5) is 25.3. The quantitative estimate of drug-likeness (QED) is 0.319. The second-order valence-electron chi connectivity index (χ2n) is 6.18. The summed E-state index contributed by atoms with van der Waals surface area (Å²) in [6.45, 7) is 4.71. The minimum absolute atomic E-state index is 0.236. The van der Waals surface area contributed by atoms with Gasteiger partial charge in [-0.3, -0.25) is 9.69 Å². The van der Waals surface area contributed by atoms with E-state index in [0.717, 1.165) is 19.6 Å². The van der Waals surface area contributed by atoms with Crippen molar-refractivity contribution in [3.8, 4) is 11.5 Å². The first-order valence-electron chi connectivity index (χ1n) is 9.11. The first-order valence-corrected chi connectivity index (χ1v) is 10.6. The summed E-state index contributed by atoms with van der Waals surface area (Å²) < 4.78 is 12.6. The molecule has 1 heterocycles. The van der Waals surface area contributed by atoms with Crippen LogP contribution in [0.1, 0.15) is 25.0 Å². The lowest BCUT2D eigenvalue weighted by molar-refractivity contribution is -0.122. The Kier molecular flexibility index (Phi) is 7.02. The van der Waals surface area contributed by atoms with Crippen molar-refractivity contribution in [1.82, 2.24) is 10.2 Å². The van der Waals surface area contributed by atoms with Crippen molar-refractivity contribution in [3.63, 3.8) is 0 Å². The lowest BCUT2D eigenvalue weighted by atomic mass is 10.1. The fourth-order valence-corrected chi connectivity index (χ4v) is 3.84. The number of hydrogen-bond donors (Lipinski definition) is 1. The molecule has 2 aromatic rings. The van der Waals surface area contributed by atoms with Crippen LogP contribution >= 0.6 is 34.2 Å². The van der Waals surface area contributed by atoms with Crippen molar-refractivity contribution >= 4 is 52.2 Å². The topological polar surface area (TPSA) is 67.9 Å². The van der Waals surface area contributed by atoms with Gasteiger partial charge in [-0.25, -0.2) is 4.79 Å². The molecule has 3 rings (SSSR count). The third kappa shape index (κ3) is 4.84. The second kappa shape index (κ2) is 9.49. The van der Waals surface area contributed by atoms with Gasteiger partial charge in [0.25, 0.3) is 5.91 Å². The van der Waals surface area contributed by atoms with E-state index in [-0.39, 0.29) is 11.6 Å². The molecule has 0 spiro atoms. The molecule has 29 heavy (non-hydrogen) atoms. The van der Waals surface area contributed by atoms with Gasteiger partial charge in [-0.1, -0.05) is 29.8 Å². The maximum atomic E-state index is 12.3. The first kappa shape index (κ1) is 21.4. The molecule has 1 N–H and O–H groups in total. The minimum Gasteiger partial charge on any atom is -0.490 e. The Morgan fingerprint density at radius 2 is 1.93 bits per heavy atom. The summed E-state index contributed by atoms with van der Waals surface area (Å²) in [5.74, 6) is 0.818. The molecular formula is C21H20ClIN2O4. The second-order valence-corrected chi connectivity index (χ2v) is 7.75. The summed E-state index contributed by atoms with van der Waals surface area (Å²) in [5.41, 5.74) is 1.84. The Morgan fingerprint density at radius 3 is 2.59 bits per heavy atom. The highest BCUT2D eigenvalue weighted by molar-refractivity contribution is 14.1. The predicted octanol–water partition coefficient (Wildman–Crippen LogP) is 4.83. The molecule has 3 amide bonds. The fraction of sp³-hybridized carbons (Fsp3) is 0.238. The average molecular weight is 527 g/mol. The van der Waals surface area contributed by atoms with Crippen LogP contribution in [0.4, 0.5) is 4.79 Å². The molecule has 1 aliphatic heterocycles. The van der Waals surface area contributed by atoms with E-state index >= 15 is 0 Å². The number of likely N-dealkylation sites (N-methyl/N-ethyl adjacent to an activating group) is 1. The van der Waals surface area contributed by atoms with Crippen LogP contribution in [-0.4, -0.2) is 30.0 Å². The maximum Gasteiger partial charge on any atom is 0.328 e. The normalized spacial score (nSPS) is 15.0. The zero-order chi connectivity index (χ0) is 21.0. The molecule has 0 aromatic heterocycles. The van der Waals surface area contributed by atoms with Gasteiger partial charge < -0.3 is 14.8 Å². The van der Waals surface area contributed by atoms with Crippen LogP contribution < -0.4 is 14.8 Å². The number of benzene rings is 2.